The first-order valence-corrected chi connectivity index (χ1v) is 6.78. The van der Waals surface area contributed by atoms with Gasteiger partial charge in [-0.2, -0.15) is 13.2 Å². The van der Waals surface area contributed by atoms with Crippen LogP contribution >= 0.6 is 11.3 Å². The van der Waals surface area contributed by atoms with E-state index in [9.17, 15) is 13.2 Å². The lowest BCUT2D eigenvalue weighted by atomic mass is 10.1. The quantitative estimate of drug-likeness (QED) is 0.709. The zero-order valence-electron chi connectivity index (χ0n) is 10.5. The summed E-state index contributed by atoms with van der Waals surface area (Å²) in [7, 11) is 0. The summed E-state index contributed by atoms with van der Waals surface area (Å²) >= 11 is 1.29. The molecule has 0 fully saturated rings. The molecule has 0 N–H and O–H groups in total. The fourth-order valence-corrected chi connectivity index (χ4v) is 2.56. The van der Waals surface area contributed by atoms with Crippen LogP contribution in [0.1, 0.15) is 5.56 Å². The van der Waals surface area contributed by atoms with Crippen molar-refractivity contribution < 1.29 is 13.2 Å². The fourth-order valence-electron chi connectivity index (χ4n) is 1.73. The Morgan fingerprint density at radius 1 is 0.857 bits per heavy atom. The van der Waals surface area contributed by atoms with Gasteiger partial charge in [-0.05, 0) is 24.3 Å². The van der Waals surface area contributed by atoms with Crippen LogP contribution in [0.4, 0.5) is 13.2 Å². The van der Waals surface area contributed by atoms with E-state index >= 15 is 0 Å². The van der Waals surface area contributed by atoms with Crippen molar-refractivity contribution in [3.8, 4) is 21.3 Å². The third kappa shape index (κ3) is 2.92. The molecule has 0 radical (unpaired) electrons. The minimum Gasteiger partial charge on any atom is -0.254 e. The van der Waals surface area contributed by atoms with Crippen LogP contribution in [0.3, 0.4) is 0 Å². The van der Waals surface area contributed by atoms with Crippen molar-refractivity contribution >= 4 is 11.3 Å². The van der Waals surface area contributed by atoms with Gasteiger partial charge >= 0.3 is 6.18 Å². The third-order valence-electron chi connectivity index (χ3n) is 2.77. The highest BCUT2D eigenvalue weighted by Crippen LogP contribution is 2.33. The smallest absolute Gasteiger partial charge is 0.254 e. The molecule has 106 valence electrons. The molecule has 0 saturated carbocycles. The van der Waals surface area contributed by atoms with Crippen molar-refractivity contribution in [1.29, 1.82) is 0 Å². The molecule has 0 spiro atoms. The van der Waals surface area contributed by atoms with Crippen LogP contribution in [0.25, 0.3) is 21.3 Å². The Hall–Kier alpha value is -2.28. The van der Waals surface area contributed by atoms with Gasteiger partial charge < -0.3 is 0 Å². The molecule has 0 atom stereocenters. The Morgan fingerprint density at radius 2 is 1.57 bits per heavy atom. The number of hydrogen-bond donors (Lipinski definition) is 0. The summed E-state index contributed by atoms with van der Waals surface area (Å²) in [5, 5.41) is 9.21. The Labute approximate surface area is 122 Å². The number of alkyl halides is 3. The predicted molar refractivity (Wildman–Crippen MR) is 73.6 cm³/mol. The van der Waals surface area contributed by atoms with Crippen molar-refractivity contribution in [1.82, 2.24) is 15.2 Å². The maximum absolute atomic E-state index is 12.5. The normalized spacial score (nSPS) is 11.6. The van der Waals surface area contributed by atoms with E-state index in [-0.39, 0.29) is 0 Å². The lowest BCUT2D eigenvalue weighted by Gasteiger charge is -2.06. The zero-order valence-corrected chi connectivity index (χ0v) is 11.3. The number of rotatable bonds is 2. The second kappa shape index (κ2) is 5.25. The van der Waals surface area contributed by atoms with Crippen molar-refractivity contribution in [2.24, 2.45) is 0 Å². The van der Waals surface area contributed by atoms with Gasteiger partial charge in [-0.25, -0.2) is 0 Å². The molecule has 2 aromatic heterocycles. The molecule has 0 aliphatic rings. The highest BCUT2D eigenvalue weighted by atomic mass is 32.1. The summed E-state index contributed by atoms with van der Waals surface area (Å²) in [5.41, 5.74) is 0.608. The summed E-state index contributed by atoms with van der Waals surface area (Å²) in [6.45, 7) is 0. The van der Waals surface area contributed by atoms with Crippen LogP contribution in [0.5, 0.6) is 0 Å². The molecule has 2 heterocycles. The van der Waals surface area contributed by atoms with Gasteiger partial charge in [0.2, 0.25) is 0 Å². The highest BCUT2D eigenvalue weighted by Gasteiger charge is 2.30. The number of benzene rings is 1. The molecule has 0 unspecified atom stereocenters. The molecular formula is C14H8F3N3S. The van der Waals surface area contributed by atoms with Gasteiger partial charge in [0.05, 0.1) is 5.56 Å². The van der Waals surface area contributed by atoms with E-state index in [1.54, 1.807) is 18.3 Å². The summed E-state index contributed by atoms with van der Waals surface area (Å²) < 4.78 is 37.5. The minimum absolute atomic E-state index is 0.560. The van der Waals surface area contributed by atoms with E-state index in [0.29, 0.717) is 21.3 Å². The largest absolute Gasteiger partial charge is 0.416 e. The highest BCUT2D eigenvalue weighted by molar-refractivity contribution is 7.17. The van der Waals surface area contributed by atoms with Crippen LogP contribution < -0.4 is 0 Å². The molecule has 7 heteroatoms. The molecule has 21 heavy (non-hydrogen) atoms. The molecule has 3 aromatic rings. The maximum atomic E-state index is 12.5. The topological polar surface area (TPSA) is 38.7 Å². The van der Waals surface area contributed by atoms with E-state index in [1.807, 2.05) is 6.07 Å². The molecule has 3 rings (SSSR count). The van der Waals surface area contributed by atoms with Crippen LogP contribution in [0.2, 0.25) is 0 Å². The van der Waals surface area contributed by atoms with E-state index in [1.165, 1.54) is 23.5 Å². The Morgan fingerprint density at radius 3 is 2.19 bits per heavy atom. The van der Waals surface area contributed by atoms with E-state index in [2.05, 4.69) is 15.2 Å². The second-order valence-electron chi connectivity index (χ2n) is 4.20. The maximum Gasteiger partial charge on any atom is 0.416 e. The summed E-state index contributed by atoms with van der Waals surface area (Å²) in [6, 6.07) is 10.3. The number of hydrogen-bond acceptors (Lipinski definition) is 4. The van der Waals surface area contributed by atoms with E-state index in [0.717, 1.165) is 12.1 Å². The minimum atomic E-state index is -4.33. The Kier molecular flexibility index (Phi) is 3.42. The van der Waals surface area contributed by atoms with Gasteiger partial charge in [-0.3, -0.25) is 4.98 Å². The van der Waals surface area contributed by atoms with Gasteiger partial charge in [-0.15, -0.1) is 10.2 Å². The molecule has 0 bridgehead atoms. The van der Waals surface area contributed by atoms with Crippen LogP contribution in [-0.2, 0) is 6.18 Å². The van der Waals surface area contributed by atoms with E-state index in [4.69, 9.17) is 0 Å². The first-order valence-electron chi connectivity index (χ1n) is 5.96. The number of aromatic nitrogens is 3. The average Bonchev–Trinajstić information content (AvgIpc) is 2.97. The van der Waals surface area contributed by atoms with Crippen LogP contribution in [-0.4, -0.2) is 15.2 Å². The van der Waals surface area contributed by atoms with Gasteiger partial charge in [0.1, 0.15) is 10.7 Å². The Balaban J connectivity index is 1.90. The van der Waals surface area contributed by atoms with Gasteiger partial charge in [0.15, 0.2) is 5.01 Å². The average molecular weight is 307 g/mol. The molecule has 0 amide bonds. The summed E-state index contributed by atoms with van der Waals surface area (Å²) in [5.74, 6) is 0. The zero-order chi connectivity index (χ0) is 14.9. The number of halogens is 3. The van der Waals surface area contributed by atoms with Gasteiger partial charge in [0, 0.05) is 11.8 Å². The van der Waals surface area contributed by atoms with Crippen molar-refractivity contribution in [2.45, 2.75) is 6.18 Å². The van der Waals surface area contributed by atoms with Gasteiger partial charge in [-0.1, -0.05) is 29.5 Å². The standard InChI is InChI=1S/C14H8F3N3S/c15-14(16,17)10-6-4-9(5-7-10)12-19-20-13(21-12)11-3-1-2-8-18-11/h1-8H. The van der Waals surface area contributed by atoms with Crippen molar-refractivity contribution in [3.05, 3.63) is 54.2 Å². The van der Waals surface area contributed by atoms with Crippen molar-refractivity contribution in [3.63, 3.8) is 0 Å². The first kappa shape index (κ1) is 13.7. The molecule has 0 saturated heterocycles. The lowest BCUT2D eigenvalue weighted by molar-refractivity contribution is -0.137. The Bertz CT molecular complexity index is 736. The van der Waals surface area contributed by atoms with E-state index < -0.39 is 11.7 Å². The SMILES string of the molecule is FC(F)(F)c1ccc(-c2nnc(-c3ccccn3)s2)cc1. The monoisotopic (exact) mass is 307 g/mol. The van der Waals surface area contributed by atoms with Gasteiger partial charge in [0.25, 0.3) is 0 Å². The molecular weight excluding hydrogens is 299 g/mol. The summed E-state index contributed by atoms with van der Waals surface area (Å²) in [6.07, 6.45) is -2.69. The third-order valence-corrected chi connectivity index (χ3v) is 3.76. The van der Waals surface area contributed by atoms with Crippen LogP contribution in [0.15, 0.2) is 48.7 Å². The molecule has 0 aliphatic carbocycles. The fraction of sp³-hybridized carbons (Fsp3) is 0.0714. The second-order valence-corrected chi connectivity index (χ2v) is 5.18. The predicted octanol–water partition coefficient (Wildman–Crippen LogP) is 4.29. The first-order chi connectivity index (χ1) is 10.0. The lowest BCUT2D eigenvalue weighted by Crippen LogP contribution is -2.03. The number of nitrogens with zero attached hydrogens (tertiary/aromatic N) is 3. The molecule has 3 nitrogen and oxygen atoms in total. The summed E-state index contributed by atoms with van der Waals surface area (Å²) in [4.78, 5) is 4.16. The number of pyridine rings is 1. The van der Waals surface area contributed by atoms with Crippen molar-refractivity contribution in [2.75, 3.05) is 0 Å². The molecule has 1 aromatic carbocycles. The van der Waals surface area contributed by atoms with Crippen LogP contribution in [0, 0.1) is 0 Å². The molecule has 0 aliphatic heterocycles.